The molecule has 12 nitrogen and oxygen atoms in total. The van der Waals surface area contributed by atoms with Crippen molar-refractivity contribution in [3.63, 3.8) is 0 Å². The lowest BCUT2D eigenvalue weighted by atomic mass is 9.89. The van der Waals surface area contributed by atoms with Crippen molar-refractivity contribution < 1.29 is 29.6 Å². The summed E-state index contributed by atoms with van der Waals surface area (Å²) in [6, 6.07) is 13.6. The molecule has 0 saturated heterocycles. The van der Waals surface area contributed by atoms with Gasteiger partial charge in [-0.15, -0.1) is 0 Å². The number of carbonyl (C=O) groups is 1. The number of nitrogens with one attached hydrogen (secondary N) is 2. The van der Waals surface area contributed by atoms with Gasteiger partial charge in [-0.05, 0) is 40.9 Å². The molecule has 0 fully saturated rings. The molecule has 3 rings (SSSR count). The Morgan fingerprint density at radius 2 is 1.89 bits per heavy atom. The molecule has 0 bridgehead atoms. The van der Waals surface area contributed by atoms with Crippen molar-refractivity contribution in [3.05, 3.63) is 75.7 Å². The minimum Gasteiger partial charge on any atom is -0.494 e. The Hall–Kier alpha value is -3.67. The van der Waals surface area contributed by atoms with Crippen molar-refractivity contribution in [2.75, 3.05) is 33.0 Å². The lowest BCUT2D eigenvalue weighted by Crippen LogP contribution is -2.56. The molecule has 2 aromatic carbocycles. The third-order valence-corrected chi connectivity index (χ3v) is 5.59. The summed E-state index contributed by atoms with van der Waals surface area (Å²) in [5.74, 6) is 0.400. The Labute approximate surface area is 208 Å². The first-order chi connectivity index (χ1) is 17.5. The first-order valence-corrected chi connectivity index (χ1v) is 11.5. The van der Waals surface area contributed by atoms with Gasteiger partial charge in [0.05, 0.1) is 32.4 Å². The maximum absolute atomic E-state index is 13.4. The highest BCUT2D eigenvalue weighted by atomic mass is 16.5. The van der Waals surface area contributed by atoms with E-state index in [1.54, 1.807) is 24.3 Å². The minimum absolute atomic E-state index is 0.0467. The summed E-state index contributed by atoms with van der Waals surface area (Å²) >= 11 is 0. The molecule has 1 atom stereocenters. The van der Waals surface area contributed by atoms with Crippen molar-refractivity contribution >= 4 is 11.8 Å². The maximum Gasteiger partial charge on any atom is 0.266 e. The quantitative estimate of drug-likeness (QED) is 0.0846. The Bertz CT molecular complexity index is 1080. The van der Waals surface area contributed by atoms with Gasteiger partial charge in [-0.1, -0.05) is 29.4 Å². The molecule has 1 aliphatic heterocycles. The van der Waals surface area contributed by atoms with E-state index in [9.17, 15) is 15.0 Å². The monoisotopic (exact) mass is 498 g/mol. The molecule has 1 amide bonds. The molecule has 0 aliphatic carbocycles. The van der Waals surface area contributed by atoms with E-state index >= 15 is 0 Å². The van der Waals surface area contributed by atoms with Gasteiger partial charge in [0.1, 0.15) is 12.4 Å². The topological polar surface area (TPSA) is 181 Å². The second-order valence-corrected chi connectivity index (χ2v) is 8.18. The van der Waals surface area contributed by atoms with Gasteiger partial charge in [-0.25, -0.2) is 10.4 Å². The Morgan fingerprint density at radius 1 is 1.17 bits per heavy atom. The Kier molecular flexibility index (Phi) is 10.0. The lowest BCUT2D eigenvalue weighted by Gasteiger charge is -2.25. The molecule has 36 heavy (non-hydrogen) atoms. The second kappa shape index (κ2) is 13.4. The predicted molar refractivity (Wildman–Crippen MR) is 131 cm³/mol. The van der Waals surface area contributed by atoms with Crippen LogP contribution in [0.1, 0.15) is 23.1 Å². The zero-order valence-corrected chi connectivity index (χ0v) is 19.7. The smallest absolute Gasteiger partial charge is 0.266 e. The van der Waals surface area contributed by atoms with Crippen molar-refractivity contribution in [2.24, 2.45) is 10.1 Å². The number of aliphatic hydroxyl groups is 3. The van der Waals surface area contributed by atoms with Crippen LogP contribution in [0.3, 0.4) is 0 Å². The molecular formula is C24H30N6O6. The fraction of sp³-hybridized carbons (Fsp3) is 0.417. The largest absolute Gasteiger partial charge is 0.494 e. The van der Waals surface area contributed by atoms with Gasteiger partial charge in [-0.2, -0.15) is 0 Å². The zero-order chi connectivity index (χ0) is 25.8. The van der Waals surface area contributed by atoms with Gasteiger partial charge >= 0.3 is 0 Å². The summed E-state index contributed by atoms with van der Waals surface area (Å²) < 4.78 is 11.4. The molecule has 5 N–H and O–H groups in total. The van der Waals surface area contributed by atoms with E-state index in [1.165, 1.54) is 0 Å². The zero-order valence-electron chi connectivity index (χ0n) is 19.7. The van der Waals surface area contributed by atoms with Crippen LogP contribution in [-0.2, 0) is 22.5 Å². The molecule has 2 aromatic rings. The van der Waals surface area contributed by atoms with Crippen LogP contribution >= 0.6 is 0 Å². The van der Waals surface area contributed by atoms with Crippen molar-refractivity contribution in [1.29, 1.82) is 0 Å². The van der Waals surface area contributed by atoms with Gasteiger partial charge in [0.25, 0.3) is 5.91 Å². The minimum atomic E-state index is -1.36. The van der Waals surface area contributed by atoms with Crippen LogP contribution in [0.2, 0.25) is 0 Å². The molecule has 0 aromatic heterocycles. The molecular weight excluding hydrogens is 468 g/mol. The number of amides is 1. The summed E-state index contributed by atoms with van der Waals surface area (Å²) in [5, 5.41) is 31.2. The van der Waals surface area contributed by atoms with Gasteiger partial charge in [0, 0.05) is 29.9 Å². The molecule has 12 heteroatoms. The summed E-state index contributed by atoms with van der Waals surface area (Å²) in [5.41, 5.74) is 14.7. The average Bonchev–Trinajstić information content (AvgIpc) is 3.34. The number of hydrazine groups is 1. The number of carbonyl (C=O) groups excluding carboxylic acids is 1. The predicted octanol–water partition coefficient (Wildman–Crippen LogP) is 0.990. The highest BCUT2D eigenvalue weighted by Crippen LogP contribution is 2.29. The van der Waals surface area contributed by atoms with Gasteiger partial charge in [-0.3, -0.25) is 10.2 Å². The third kappa shape index (κ3) is 6.94. The van der Waals surface area contributed by atoms with Crippen LogP contribution in [0.5, 0.6) is 5.75 Å². The normalized spacial score (nSPS) is 16.7. The molecule has 192 valence electrons. The van der Waals surface area contributed by atoms with Crippen molar-refractivity contribution in [2.45, 2.75) is 31.0 Å². The number of benzene rings is 2. The van der Waals surface area contributed by atoms with Gasteiger partial charge in [0.2, 0.25) is 5.90 Å². The maximum atomic E-state index is 13.4. The first-order valence-electron chi connectivity index (χ1n) is 11.5. The molecule has 1 aliphatic rings. The van der Waals surface area contributed by atoms with E-state index in [0.29, 0.717) is 24.3 Å². The highest BCUT2D eigenvalue weighted by molar-refractivity contribution is 6.00. The standard InChI is InChI=1S/C24H30N6O6/c25-30-26-13-19-5-2-1-4-18(19)12-24(23(34)29-28-20(14-32)15-33)16-36-22(27-24)17-6-8-21(9-7-17)35-11-3-10-31/h1-2,4-9,20,28,31-33H,3,10-16H2,(H,29,34)/t24-/m0/s1. The lowest BCUT2D eigenvalue weighted by molar-refractivity contribution is -0.128. The Balaban J connectivity index is 1.88. The van der Waals surface area contributed by atoms with Crippen LogP contribution in [0.15, 0.2) is 58.6 Å². The summed E-state index contributed by atoms with van der Waals surface area (Å²) in [4.78, 5) is 20.9. The number of hydrogen-bond donors (Lipinski definition) is 5. The number of rotatable bonds is 14. The second-order valence-electron chi connectivity index (χ2n) is 8.18. The number of hydrogen-bond acceptors (Lipinski definition) is 9. The van der Waals surface area contributed by atoms with Gasteiger partial charge in [0.15, 0.2) is 5.54 Å². The van der Waals surface area contributed by atoms with Crippen molar-refractivity contribution in [3.8, 4) is 5.75 Å². The van der Waals surface area contributed by atoms with Crippen LogP contribution in [0.25, 0.3) is 10.4 Å². The molecule has 0 spiro atoms. The van der Waals surface area contributed by atoms with E-state index in [0.717, 1.165) is 11.1 Å². The van der Waals surface area contributed by atoms with E-state index < -0.39 is 17.5 Å². The number of azide groups is 1. The number of ether oxygens (including phenoxy) is 2. The molecule has 0 unspecified atom stereocenters. The summed E-state index contributed by atoms with van der Waals surface area (Å²) in [7, 11) is 0. The van der Waals surface area contributed by atoms with Crippen molar-refractivity contribution in [1.82, 2.24) is 10.9 Å². The SMILES string of the molecule is [N-]=[N+]=NCc1ccccc1C[C@@]1(C(=O)NNC(CO)CO)COC(c2ccc(OCCCO)cc2)=N1. The fourth-order valence-corrected chi connectivity index (χ4v) is 3.57. The molecule has 0 radical (unpaired) electrons. The highest BCUT2D eigenvalue weighted by Gasteiger charge is 2.45. The van der Waals surface area contributed by atoms with E-state index in [4.69, 9.17) is 20.1 Å². The summed E-state index contributed by atoms with van der Waals surface area (Å²) in [6.07, 6.45) is 0.685. The van der Waals surface area contributed by atoms with Crippen LogP contribution in [-0.4, -0.2) is 71.7 Å². The van der Waals surface area contributed by atoms with E-state index in [2.05, 4.69) is 25.9 Å². The first kappa shape index (κ1) is 26.9. The molecule has 0 saturated carbocycles. The summed E-state index contributed by atoms with van der Waals surface area (Å²) in [6.45, 7) is -0.252. The average molecular weight is 499 g/mol. The molecule has 1 heterocycles. The van der Waals surface area contributed by atoms with E-state index in [-0.39, 0.29) is 45.3 Å². The number of aliphatic hydroxyl groups excluding tert-OH is 3. The van der Waals surface area contributed by atoms with Crippen LogP contribution in [0, 0.1) is 0 Å². The third-order valence-electron chi connectivity index (χ3n) is 5.59. The van der Waals surface area contributed by atoms with Crippen LogP contribution in [0.4, 0.5) is 0 Å². The van der Waals surface area contributed by atoms with Gasteiger partial charge < -0.3 is 24.8 Å². The van der Waals surface area contributed by atoms with E-state index in [1.807, 2.05) is 24.3 Å². The fourth-order valence-electron chi connectivity index (χ4n) is 3.57. The van der Waals surface area contributed by atoms with Crippen LogP contribution < -0.4 is 15.6 Å². The number of nitrogens with zero attached hydrogens (tertiary/aromatic N) is 4. The number of aliphatic imine (C=N–C) groups is 1. The Morgan fingerprint density at radius 3 is 2.56 bits per heavy atom.